The highest BCUT2D eigenvalue weighted by Gasteiger charge is 2.36. The first kappa shape index (κ1) is 12.4. The highest BCUT2D eigenvalue weighted by Crippen LogP contribution is 2.38. The number of benzene rings is 1. The summed E-state index contributed by atoms with van der Waals surface area (Å²) in [5.74, 6) is 2.23. The first-order chi connectivity index (χ1) is 8.72. The molecule has 98 valence electrons. The Morgan fingerprint density at radius 2 is 1.78 bits per heavy atom. The predicted octanol–water partition coefficient (Wildman–Crippen LogP) is 3.10. The molecule has 1 aromatic rings. The van der Waals surface area contributed by atoms with E-state index in [1.54, 1.807) is 12.1 Å². The zero-order valence-electron chi connectivity index (χ0n) is 10.6. The van der Waals surface area contributed by atoms with Crippen molar-refractivity contribution < 1.29 is 5.11 Å². The van der Waals surface area contributed by atoms with Crippen LogP contribution in [0.3, 0.4) is 0 Å². The maximum atomic E-state index is 9.30. The number of rotatable bonds is 3. The summed E-state index contributed by atoms with van der Waals surface area (Å²) in [7, 11) is 0. The van der Waals surface area contributed by atoms with E-state index < -0.39 is 0 Å². The quantitative estimate of drug-likeness (QED) is 0.819. The van der Waals surface area contributed by atoms with Crippen molar-refractivity contribution in [3.8, 4) is 5.75 Å². The van der Waals surface area contributed by atoms with Gasteiger partial charge in [-0.3, -0.25) is 0 Å². The maximum Gasteiger partial charge on any atom is 0.115 e. The van der Waals surface area contributed by atoms with Crippen LogP contribution in [0.1, 0.15) is 30.1 Å². The molecule has 2 fully saturated rings. The minimum atomic E-state index is 0.254. The van der Waals surface area contributed by atoms with E-state index in [-0.39, 0.29) is 5.25 Å². The smallest absolute Gasteiger partial charge is 0.115 e. The Balaban J connectivity index is 1.58. The summed E-state index contributed by atoms with van der Waals surface area (Å²) in [6.07, 6.45) is 4.29. The van der Waals surface area contributed by atoms with E-state index in [1.165, 1.54) is 37.9 Å². The molecule has 1 saturated heterocycles. The van der Waals surface area contributed by atoms with Crippen molar-refractivity contribution in [2.75, 3.05) is 19.6 Å². The number of aromatic hydroxyl groups is 1. The molecule has 1 aromatic carbocycles. The number of phenols is 1. The van der Waals surface area contributed by atoms with Crippen molar-refractivity contribution >= 4 is 12.6 Å². The Morgan fingerprint density at radius 3 is 2.39 bits per heavy atom. The second kappa shape index (κ2) is 5.14. The van der Waals surface area contributed by atoms with E-state index in [9.17, 15) is 5.11 Å². The van der Waals surface area contributed by atoms with Gasteiger partial charge in [0.05, 0.1) is 0 Å². The molecule has 3 rings (SSSR count). The SMILES string of the molecule is Oc1ccc([C@@H](S)CN2CC3CCCC3C2)cc1. The minimum Gasteiger partial charge on any atom is -0.508 e. The lowest BCUT2D eigenvalue weighted by Crippen LogP contribution is -2.25. The van der Waals surface area contributed by atoms with Crippen LogP contribution in [-0.2, 0) is 0 Å². The van der Waals surface area contributed by atoms with Gasteiger partial charge < -0.3 is 10.0 Å². The van der Waals surface area contributed by atoms with Crippen LogP contribution in [0.4, 0.5) is 0 Å². The van der Waals surface area contributed by atoms with E-state index in [0.717, 1.165) is 18.4 Å². The number of hydrogen-bond donors (Lipinski definition) is 2. The zero-order valence-corrected chi connectivity index (χ0v) is 11.5. The van der Waals surface area contributed by atoms with Crippen LogP contribution in [0, 0.1) is 11.8 Å². The Labute approximate surface area is 114 Å². The summed E-state index contributed by atoms with van der Waals surface area (Å²) in [6.45, 7) is 3.56. The normalized spacial score (nSPS) is 29.4. The first-order valence-corrected chi connectivity index (χ1v) is 7.43. The molecule has 0 radical (unpaired) electrons. The van der Waals surface area contributed by atoms with Crippen LogP contribution in [-0.4, -0.2) is 29.6 Å². The number of thiol groups is 1. The third-order valence-corrected chi connectivity index (χ3v) is 4.97. The lowest BCUT2D eigenvalue weighted by molar-refractivity contribution is 0.313. The van der Waals surface area contributed by atoms with Crippen LogP contribution in [0.25, 0.3) is 0 Å². The molecule has 2 unspecified atom stereocenters. The van der Waals surface area contributed by atoms with Crippen molar-refractivity contribution in [1.29, 1.82) is 0 Å². The van der Waals surface area contributed by atoms with Gasteiger partial charge in [0.1, 0.15) is 5.75 Å². The molecule has 0 aromatic heterocycles. The number of hydrogen-bond acceptors (Lipinski definition) is 3. The van der Waals surface area contributed by atoms with Gasteiger partial charge in [-0.2, -0.15) is 12.6 Å². The summed E-state index contributed by atoms with van der Waals surface area (Å²) in [4.78, 5) is 2.57. The van der Waals surface area contributed by atoms with Gasteiger partial charge >= 0.3 is 0 Å². The lowest BCUT2D eigenvalue weighted by atomic mass is 10.0. The van der Waals surface area contributed by atoms with E-state index in [4.69, 9.17) is 12.6 Å². The van der Waals surface area contributed by atoms with Crippen molar-refractivity contribution in [3.05, 3.63) is 29.8 Å². The fourth-order valence-corrected chi connectivity index (χ4v) is 3.93. The molecule has 3 atom stereocenters. The average Bonchev–Trinajstić information content (AvgIpc) is 2.90. The Morgan fingerprint density at radius 1 is 1.17 bits per heavy atom. The second-order valence-electron chi connectivity index (χ2n) is 5.78. The summed E-state index contributed by atoms with van der Waals surface area (Å²) >= 11 is 4.71. The molecule has 1 saturated carbocycles. The number of fused-ring (bicyclic) bond motifs is 1. The van der Waals surface area contributed by atoms with Crippen LogP contribution >= 0.6 is 12.6 Å². The summed E-state index contributed by atoms with van der Waals surface area (Å²) < 4.78 is 0. The van der Waals surface area contributed by atoms with E-state index in [2.05, 4.69) is 4.90 Å². The van der Waals surface area contributed by atoms with Gasteiger partial charge in [0.25, 0.3) is 0 Å². The third kappa shape index (κ3) is 2.52. The molecule has 18 heavy (non-hydrogen) atoms. The Hall–Kier alpha value is -0.670. The largest absolute Gasteiger partial charge is 0.508 e. The van der Waals surface area contributed by atoms with Gasteiger partial charge in [0.2, 0.25) is 0 Å². The Kier molecular flexibility index (Phi) is 3.53. The molecule has 1 aliphatic carbocycles. The van der Waals surface area contributed by atoms with E-state index in [0.29, 0.717) is 5.75 Å². The van der Waals surface area contributed by atoms with Crippen LogP contribution < -0.4 is 0 Å². The van der Waals surface area contributed by atoms with Gasteiger partial charge in [0, 0.05) is 24.9 Å². The van der Waals surface area contributed by atoms with Crippen LogP contribution in [0.2, 0.25) is 0 Å². The molecule has 1 heterocycles. The van der Waals surface area contributed by atoms with Crippen molar-refractivity contribution in [2.45, 2.75) is 24.5 Å². The zero-order chi connectivity index (χ0) is 12.5. The fraction of sp³-hybridized carbons (Fsp3) is 0.600. The summed E-state index contributed by atoms with van der Waals surface area (Å²) in [5, 5.41) is 9.55. The van der Waals surface area contributed by atoms with Crippen LogP contribution in [0.5, 0.6) is 5.75 Å². The van der Waals surface area contributed by atoms with Gasteiger partial charge in [-0.15, -0.1) is 0 Å². The lowest BCUT2D eigenvalue weighted by Gasteiger charge is -2.21. The molecule has 2 aliphatic rings. The minimum absolute atomic E-state index is 0.254. The number of phenolic OH excluding ortho intramolecular Hbond substituents is 1. The molecule has 1 aliphatic heterocycles. The molecule has 0 bridgehead atoms. The standard InChI is InChI=1S/C15H21NOS/c17-14-6-4-11(5-7-14)15(18)10-16-8-12-2-1-3-13(12)9-16/h4-7,12-13,15,17-18H,1-3,8-10H2/t12?,13?,15-/m0/s1. The van der Waals surface area contributed by atoms with Gasteiger partial charge in [-0.25, -0.2) is 0 Å². The van der Waals surface area contributed by atoms with E-state index in [1.807, 2.05) is 12.1 Å². The summed E-state index contributed by atoms with van der Waals surface area (Å²) in [5.41, 5.74) is 1.20. The van der Waals surface area contributed by atoms with E-state index >= 15 is 0 Å². The van der Waals surface area contributed by atoms with Gasteiger partial charge in [0.15, 0.2) is 0 Å². The molecular weight excluding hydrogens is 242 g/mol. The van der Waals surface area contributed by atoms with Crippen LogP contribution in [0.15, 0.2) is 24.3 Å². The number of likely N-dealkylation sites (tertiary alicyclic amines) is 1. The highest BCUT2D eigenvalue weighted by atomic mass is 32.1. The molecular formula is C15H21NOS. The Bertz CT molecular complexity index is 393. The summed E-state index contributed by atoms with van der Waals surface area (Å²) in [6, 6.07) is 7.45. The number of nitrogens with zero attached hydrogens (tertiary/aromatic N) is 1. The highest BCUT2D eigenvalue weighted by molar-refractivity contribution is 7.80. The first-order valence-electron chi connectivity index (χ1n) is 6.92. The predicted molar refractivity (Wildman–Crippen MR) is 77.1 cm³/mol. The third-order valence-electron chi connectivity index (χ3n) is 4.51. The molecule has 0 amide bonds. The molecule has 2 nitrogen and oxygen atoms in total. The molecule has 0 spiro atoms. The van der Waals surface area contributed by atoms with Gasteiger partial charge in [-0.1, -0.05) is 18.6 Å². The maximum absolute atomic E-state index is 9.30. The van der Waals surface area contributed by atoms with Crippen molar-refractivity contribution in [3.63, 3.8) is 0 Å². The topological polar surface area (TPSA) is 23.5 Å². The molecule has 1 N–H and O–H groups in total. The second-order valence-corrected chi connectivity index (χ2v) is 6.40. The monoisotopic (exact) mass is 263 g/mol. The van der Waals surface area contributed by atoms with Crippen molar-refractivity contribution in [1.82, 2.24) is 4.90 Å². The van der Waals surface area contributed by atoms with Crippen molar-refractivity contribution in [2.24, 2.45) is 11.8 Å². The van der Waals surface area contributed by atoms with Gasteiger partial charge in [-0.05, 0) is 42.4 Å². The fourth-order valence-electron chi connectivity index (χ4n) is 3.53. The average molecular weight is 263 g/mol. The molecule has 3 heteroatoms.